The lowest BCUT2D eigenvalue weighted by Crippen LogP contribution is -2.30. The van der Waals surface area contributed by atoms with E-state index in [2.05, 4.69) is 41.3 Å². The lowest BCUT2D eigenvalue weighted by atomic mass is 10.0. The topological polar surface area (TPSA) is 53.9 Å². The Bertz CT molecular complexity index is 384. The van der Waals surface area contributed by atoms with Crippen molar-refractivity contribution in [2.45, 2.75) is 32.7 Å². The van der Waals surface area contributed by atoms with Crippen LogP contribution in [0, 0.1) is 0 Å². The summed E-state index contributed by atoms with van der Waals surface area (Å²) in [6.07, 6.45) is 6.47. The van der Waals surface area contributed by atoms with E-state index in [0.29, 0.717) is 5.95 Å². The van der Waals surface area contributed by atoms with Crippen LogP contribution in [0.3, 0.4) is 0 Å². The molecule has 0 amide bonds. The third kappa shape index (κ3) is 4.80. The Balaban J connectivity index is 2.79. The van der Waals surface area contributed by atoms with Crippen LogP contribution in [-0.4, -0.2) is 39.7 Å². The van der Waals surface area contributed by atoms with Crippen molar-refractivity contribution in [2.24, 2.45) is 0 Å². The number of nitrogens with one attached hydrogen (secondary N) is 1. The average Bonchev–Trinajstić information content (AvgIpc) is 2.26. The van der Waals surface area contributed by atoms with Crippen LogP contribution in [0.15, 0.2) is 12.4 Å². The van der Waals surface area contributed by atoms with Crippen molar-refractivity contribution in [1.82, 2.24) is 20.1 Å². The fraction of sp³-hybridized carbons (Fsp3) is 0.583. The molecule has 0 saturated heterocycles. The summed E-state index contributed by atoms with van der Waals surface area (Å²) >= 11 is 0. The zero-order valence-corrected chi connectivity index (χ0v) is 11.2. The third-order valence-electron chi connectivity index (χ3n) is 2.45. The largest absolute Gasteiger partial charge is 0.383 e. The molecule has 94 valence electrons. The first-order valence-corrected chi connectivity index (χ1v) is 5.75. The molecular formula is C12H21N5. The SMILES string of the molecule is CCC(C)(C)Nc1nncc(C=CN(C)C)n1. The minimum absolute atomic E-state index is 0.0223. The summed E-state index contributed by atoms with van der Waals surface area (Å²) in [6.45, 7) is 6.34. The highest BCUT2D eigenvalue weighted by molar-refractivity contribution is 5.44. The molecule has 0 unspecified atom stereocenters. The van der Waals surface area contributed by atoms with Gasteiger partial charge in [-0.05, 0) is 26.3 Å². The maximum absolute atomic E-state index is 4.38. The molecule has 0 spiro atoms. The Morgan fingerprint density at radius 1 is 1.41 bits per heavy atom. The normalized spacial score (nSPS) is 11.8. The van der Waals surface area contributed by atoms with Crippen molar-refractivity contribution in [3.63, 3.8) is 0 Å². The molecule has 0 aromatic carbocycles. The van der Waals surface area contributed by atoms with Gasteiger partial charge in [0.2, 0.25) is 5.95 Å². The third-order valence-corrected chi connectivity index (χ3v) is 2.45. The summed E-state index contributed by atoms with van der Waals surface area (Å²) in [7, 11) is 3.93. The number of hydrogen-bond donors (Lipinski definition) is 1. The summed E-state index contributed by atoms with van der Waals surface area (Å²) < 4.78 is 0. The van der Waals surface area contributed by atoms with E-state index in [1.807, 2.05) is 31.3 Å². The molecule has 0 radical (unpaired) electrons. The van der Waals surface area contributed by atoms with Crippen molar-refractivity contribution in [3.8, 4) is 0 Å². The van der Waals surface area contributed by atoms with Crippen LogP contribution in [0.5, 0.6) is 0 Å². The minimum Gasteiger partial charge on any atom is -0.383 e. The number of nitrogens with zero attached hydrogens (tertiary/aromatic N) is 4. The van der Waals surface area contributed by atoms with E-state index < -0.39 is 0 Å². The van der Waals surface area contributed by atoms with Gasteiger partial charge in [0.15, 0.2) is 0 Å². The summed E-state index contributed by atoms with van der Waals surface area (Å²) in [6, 6.07) is 0. The molecule has 5 heteroatoms. The first-order valence-electron chi connectivity index (χ1n) is 5.75. The second-order valence-electron chi connectivity index (χ2n) is 4.85. The van der Waals surface area contributed by atoms with E-state index in [0.717, 1.165) is 12.1 Å². The molecule has 1 aromatic rings. The van der Waals surface area contributed by atoms with Crippen molar-refractivity contribution in [3.05, 3.63) is 18.1 Å². The molecule has 0 aliphatic rings. The van der Waals surface area contributed by atoms with E-state index in [9.17, 15) is 0 Å². The fourth-order valence-electron chi connectivity index (χ4n) is 1.07. The van der Waals surface area contributed by atoms with Crippen LogP contribution < -0.4 is 5.32 Å². The van der Waals surface area contributed by atoms with E-state index in [-0.39, 0.29) is 5.54 Å². The second-order valence-corrected chi connectivity index (χ2v) is 4.85. The first kappa shape index (κ1) is 13.4. The Hall–Kier alpha value is -1.65. The monoisotopic (exact) mass is 235 g/mol. The predicted molar refractivity (Wildman–Crippen MR) is 70.5 cm³/mol. The van der Waals surface area contributed by atoms with Crippen LogP contribution >= 0.6 is 0 Å². The maximum Gasteiger partial charge on any atom is 0.243 e. The van der Waals surface area contributed by atoms with Gasteiger partial charge in [-0.25, -0.2) is 4.98 Å². The molecule has 0 aliphatic heterocycles. The molecule has 0 saturated carbocycles. The Morgan fingerprint density at radius 3 is 2.71 bits per heavy atom. The molecule has 0 aliphatic carbocycles. The Kier molecular flexibility index (Phi) is 4.43. The maximum atomic E-state index is 4.38. The molecule has 1 aromatic heterocycles. The molecule has 1 heterocycles. The minimum atomic E-state index is -0.0223. The van der Waals surface area contributed by atoms with Gasteiger partial charge in [0.25, 0.3) is 0 Å². The van der Waals surface area contributed by atoms with Crippen molar-refractivity contribution in [2.75, 3.05) is 19.4 Å². The van der Waals surface area contributed by atoms with E-state index >= 15 is 0 Å². The second kappa shape index (κ2) is 5.61. The van der Waals surface area contributed by atoms with Crippen LogP contribution in [0.2, 0.25) is 0 Å². The zero-order valence-electron chi connectivity index (χ0n) is 11.2. The van der Waals surface area contributed by atoms with Crippen molar-refractivity contribution in [1.29, 1.82) is 0 Å². The lowest BCUT2D eigenvalue weighted by molar-refractivity contribution is 0.540. The molecule has 1 N–H and O–H groups in total. The van der Waals surface area contributed by atoms with Gasteiger partial charge in [-0.2, -0.15) is 5.10 Å². The van der Waals surface area contributed by atoms with Crippen molar-refractivity contribution >= 4 is 12.0 Å². The quantitative estimate of drug-likeness (QED) is 0.846. The molecule has 5 nitrogen and oxygen atoms in total. The van der Waals surface area contributed by atoms with Gasteiger partial charge in [-0.3, -0.25) is 0 Å². The van der Waals surface area contributed by atoms with Gasteiger partial charge in [-0.15, -0.1) is 5.10 Å². The highest BCUT2D eigenvalue weighted by Gasteiger charge is 2.15. The van der Waals surface area contributed by atoms with E-state index in [4.69, 9.17) is 0 Å². The first-order chi connectivity index (χ1) is 7.93. The van der Waals surface area contributed by atoms with Gasteiger partial charge < -0.3 is 10.2 Å². The Morgan fingerprint density at radius 2 is 2.12 bits per heavy atom. The van der Waals surface area contributed by atoms with Crippen LogP contribution in [0.1, 0.15) is 32.9 Å². The van der Waals surface area contributed by atoms with Crippen LogP contribution in [-0.2, 0) is 0 Å². The number of aromatic nitrogens is 3. The molecular weight excluding hydrogens is 214 g/mol. The fourth-order valence-corrected chi connectivity index (χ4v) is 1.07. The van der Waals surface area contributed by atoms with E-state index in [1.54, 1.807) is 6.20 Å². The molecule has 1 rings (SSSR count). The molecule has 0 bridgehead atoms. The van der Waals surface area contributed by atoms with Gasteiger partial charge >= 0.3 is 0 Å². The summed E-state index contributed by atoms with van der Waals surface area (Å²) in [5.41, 5.74) is 0.772. The number of anilines is 1. The van der Waals surface area contributed by atoms with Gasteiger partial charge in [0.05, 0.1) is 11.9 Å². The average molecular weight is 235 g/mol. The lowest BCUT2D eigenvalue weighted by Gasteiger charge is -2.23. The van der Waals surface area contributed by atoms with Crippen molar-refractivity contribution < 1.29 is 0 Å². The van der Waals surface area contributed by atoms with E-state index in [1.165, 1.54) is 0 Å². The zero-order chi connectivity index (χ0) is 12.9. The van der Waals surface area contributed by atoms with Crippen LogP contribution in [0.25, 0.3) is 6.08 Å². The van der Waals surface area contributed by atoms with Gasteiger partial charge in [-0.1, -0.05) is 6.92 Å². The number of hydrogen-bond acceptors (Lipinski definition) is 5. The predicted octanol–water partition coefficient (Wildman–Crippen LogP) is 2.00. The Labute approximate surface area is 103 Å². The summed E-state index contributed by atoms with van der Waals surface area (Å²) in [4.78, 5) is 6.33. The highest BCUT2D eigenvalue weighted by atomic mass is 15.2. The molecule has 17 heavy (non-hydrogen) atoms. The summed E-state index contributed by atoms with van der Waals surface area (Å²) in [5.74, 6) is 0.567. The molecule has 0 atom stereocenters. The van der Waals surface area contributed by atoms with Gasteiger partial charge in [0.1, 0.15) is 0 Å². The van der Waals surface area contributed by atoms with Gasteiger partial charge in [0, 0.05) is 25.8 Å². The number of rotatable bonds is 5. The highest BCUT2D eigenvalue weighted by Crippen LogP contribution is 2.13. The van der Waals surface area contributed by atoms with Crippen LogP contribution in [0.4, 0.5) is 5.95 Å². The molecule has 0 fully saturated rings. The smallest absolute Gasteiger partial charge is 0.243 e. The summed E-state index contributed by atoms with van der Waals surface area (Å²) in [5, 5.41) is 11.2. The standard InChI is InChI=1S/C12H21N5/c1-6-12(2,3)15-11-14-10(9-13-16-11)7-8-17(4)5/h7-9H,6H2,1-5H3,(H,14,15,16).